The average Bonchev–Trinajstić information content (AvgIpc) is 2.34. The highest BCUT2D eigenvalue weighted by molar-refractivity contribution is 6.30. The second-order valence-electron chi connectivity index (χ2n) is 4.87. The minimum atomic E-state index is -0.900. The number of piperidine rings is 1. The minimum Gasteiger partial charge on any atom is -0.465 e. The number of rotatable bonds is 2. The van der Waals surface area contributed by atoms with E-state index in [0.717, 1.165) is 0 Å². The molecule has 0 saturated carbocycles. The van der Waals surface area contributed by atoms with E-state index in [1.54, 1.807) is 12.1 Å². The van der Waals surface area contributed by atoms with Gasteiger partial charge in [0.1, 0.15) is 5.82 Å². The van der Waals surface area contributed by atoms with E-state index in [1.807, 2.05) is 6.92 Å². The van der Waals surface area contributed by atoms with Crippen molar-refractivity contribution in [1.82, 2.24) is 4.90 Å². The van der Waals surface area contributed by atoms with Gasteiger partial charge in [-0.25, -0.2) is 9.18 Å². The van der Waals surface area contributed by atoms with Crippen LogP contribution in [0.4, 0.5) is 14.9 Å². The van der Waals surface area contributed by atoms with Crippen LogP contribution in [0.25, 0.3) is 0 Å². The maximum absolute atomic E-state index is 13.7. The summed E-state index contributed by atoms with van der Waals surface area (Å²) in [5.74, 6) is -0.264. The molecule has 2 rings (SSSR count). The number of likely N-dealkylation sites (tertiary alicyclic amines) is 1. The van der Waals surface area contributed by atoms with E-state index in [2.05, 4.69) is 5.32 Å². The lowest BCUT2D eigenvalue weighted by Gasteiger charge is -2.36. The lowest BCUT2D eigenvalue weighted by molar-refractivity contribution is 0.119. The fraction of sp³-hybridized carbons (Fsp3) is 0.462. The molecule has 0 aromatic heterocycles. The van der Waals surface area contributed by atoms with Crippen LogP contribution in [0.2, 0.25) is 5.02 Å². The van der Waals surface area contributed by atoms with Crippen molar-refractivity contribution in [1.29, 1.82) is 0 Å². The Morgan fingerprint density at radius 1 is 1.58 bits per heavy atom. The SMILES string of the molecule is C[C@H]1CN(C(=O)O)CC[C@@H]1Nc1ccc(Cl)cc1F. The van der Waals surface area contributed by atoms with Gasteiger partial charge in [-0.05, 0) is 30.5 Å². The van der Waals surface area contributed by atoms with Gasteiger partial charge in [0.15, 0.2) is 0 Å². The Morgan fingerprint density at radius 2 is 2.32 bits per heavy atom. The Morgan fingerprint density at radius 3 is 2.89 bits per heavy atom. The summed E-state index contributed by atoms with van der Waals surface area (Å²) in [7, 11) is 0. The van der Waals surface area contributed by atoms with Crippen LogP contribution in [0, 0.1) is 11.7 Å². The van der Waals surface area contributed by atoms with Crippen LogP contribution in [0.15, 0.2) is 18.2 Å². The average molecular weight is 287 g/mol. The van der Waals surface area contributed by atoms with Gasteiger partial charge in [0.2, 0.25) is 0 Å². The van der Waals surface area contributed by atoms with E-state index in [4.69, 9.17) is 16.7 Å². The number of nitrogens with one attached hydrogen (secondary N) is 1. The number of carbonyl (C=O) groups is 1. The first kappa shape index (κ1) is 13.9. The predicted molar refractivity (Wildman–Crippen MR) is 72.2 cm³/mol. The number of carboxylic acid groups (broad SMARTS) is 1. The fourth-order valence-electron chi connectivity index (χ4n) is 2.34. The topological polar surface area (TPSA) is 52.6 Å². The van der Waals surface area contributed by atoms with E-state index in [0.29, 0.717) is 30.2 Å². The summed E-state index contributed by atoms with van der Waals surface area (Å²) in [5, 5.41) is 12.4. The van der Waals surface area contributed by atoms with Gasteiger partial charge in [0, 0.05) is 24.2 Å². The first-order chi connectivity index (χ1) is 8.97. The van der Waals surface area contributed by atoms with Crippen molar-refractivity contribution in [2.45, 2.75) is 19.4 Å². The quantitative estimate of drug-likeness (QED) is 0.877. The zero-order chi connectivity index (χ0) is 14.0. The molecular weight excluding hydrogens is 271 g/mol. The number of nitrogens with zero attached hydrogens (tertiary/aromatic N) is 1. The third-order valence-corrected chi connectivity index (χ3v) is 3.68. The van der Waals surface area contributed by atoms with Crippen LogP contribution in [0.3, 0.4) is 0 Å². The first-order valence-corrected chi connectivity index (χ1v) is 6.54. The summed E-state index contributed by atoms with van der Waals surface area (Å²) in [6, 6.07) is 4.56. The van der Waals surface area contributed by atoms with Crippen molar-refractivity contribution in [3.8, 4) is 0 Å². The standard InChI is InChI=1S/C13H16ClFN2O2/c1-8-7-17(13(18)19)5-4-11(8)16-12-3-2-9(14)6-10(12)15/h2-3,6,8,11,16H,4-5,7H2,1H3,(H,18,19)/t8-,11-/m0/s1. The molecule has 19 heavy (non-hydrogen) atoms. The molecule has 4 nitrogen and oxygen atoms in total. The number of anilines is 1. The summed E-state index contributed by atoms with van der Waals surface area (Å²) in [6.45, 7) is 2.88. The zero-order valence-corrected chi connectivity index (χ0v) is 11.3. The zero-order valence-electron chi connectivity index (χ0n) is 10.6. The summed E-state index contributed by atoms with van der Waals surface area (Å²) in [5.41, 5.74) is 0.407. The van der Waals surface area contributed by atoms with Crippen LogP contribution >= 0.6 is 11.6 Å². The molecule has 0 bridgehead atoms. The van der Waals surface area contributed by atoms with E-state index >= 15 is 0 Å². The van der Waals surface area contributed by atoms with Crippen LogP contribution in [0.5, 0.6) is 0 Å². The molecule has 1 amide bonds. The molecule has 0 radical (unpaired) electrons. The third-order valence-electron chi connectivity index (χ3n) is 3.45. The van der Waals surface area contributed by atoms with Crippen molar-refractivity contribution >= 4 is 23.4 Å². The second-order valence-corrected chi connectivity index (χ2v) is 5.31. The number of amides is 1. The Labute approximate surface area is 116 Å². The van der Waals surface area contributed by atoms with Crippen LogP contribution in [-0.4, -0.2) is 35.2 Å². The smallest absolute Gasteiger partial charge is 0.407 e. The molecule has 0 spiro atoms. The highest BCUT2D eigenvalue weighted by Crippen LogP contribution is 2.24. The normalized spacial score (nSPS) is 23.2. The number of halogens is 2. The Balaban J connectivity index is 2.02. The summed E-state index contributed by atoms with van der Waals surface area (Å²) in [4.78, 5) is 12.3. The molecule has 0 aliphatic carbocycles. The largest absolute Gasteiger partial charge is 0.465 e. The van der Waals surface area contributed by atoms with Gasteiger partial charge in [-0.3, -0.25) is 0 Å². The lowest BCUT2D eigenvalue weighted by Crippen LogP contribution is -2.47. The summed E-state index contributed by atoms with van der Waals surface area (Å²) in [6.07, 6.45) is -0.238. The third kappa shape index (κ3) is 3.29. The van der Waals surface area contributed by atoms with Crippen LogP contribution < -0.4 is 5.32 Å². The number of hydrogen-bond donors (Lipinski definition) is 2. The molecular formula is C13H16ClFN2O2. The molecule has 1 aromatic carbocycles. The molecule has 1 heterocycles. The summed E-state index contributed by atoms with van der Waals surface area (Å²) >= 11 is 5.70. The Kier molecular flexibility index (Phi) is 4.14. The van der Waals surface area contributed by atoms with E-state index < -0.39 is 6.09 Å². The van der Waals surface area contributed by atoms with Gasteiger partial charge in [-0.1, -0.05) is 18.5 Å². The maximum atomic E-state index is 13.7. The van der Waals surface area contributed by atoms with Gasteiger partial charge in [0.05, 0.1) is 5.69 Å². The van der Waals surface area contributed by atoms with E-state index in [-0.39, 0.29) is 17.8 Å². The molecule has 1 aliphatic rings. The molecule has 2 N–H and O–H groups in total. The predicted octanol–water partition coefficient (Wildman–Crippen LogP) is 3.28. The molecule has 1 aliphatic heterocycles. The van der Waals surface area contributed by atoms with Gasteiger partial charge >= 0.3 is 6.09 Å². The van der Waals surface area contributed by atoms with Crippen LogP contribution in [0.1, 0.15) is 13.3 Å². The Hall–Kier alpha value is -1.49. The molecule has 0 unspecified atom stereocenters. The minimum absolute atomic E-state index is 0.0614. The maximum Gasteiger partial charge on any atom is 0.407 e. The monoisotopic (exact) mass is 286 g/mol. The molecule has 1 aromatic rings. The van der Waals surface area contributed by atoms with Gasteiger partial charge in [0.25, 0.3) is 0 Å². The number of benzene rings is 1. The highest BCUT2D eigenvalue weighted by Gasteiger charge is 2.28. The van der Waals surface area contributed by atoms with Crippen molar-refractivity contribution in [2.24, 2.45) is 5.92 Å². The van der Waals surface area contributed by atoms with Gasteiger partial charge in [-0.2, -0.15) is 0 Å². The van der Waals surface area contributed by atoms with Crippen molar-refractivity contribution in [3.05, 3.63) is 29.0 Å². The molecule has 2 atom stereocenters. The summed E-state index contributed by atoms with van der Waals surface area (Å²) < 4.78 is 13.7. The van der Waals surface area contributed by atoms with Crippen molar-refractivity contribution in [2.75, 3.05) is 18.4 Å². The highest BCUT2D eigenvalue weighted by atomic mass is 35.5. The second kappa shape index (κ2) is 5.65. The molecule has 1 saturated heterocycles. The van der Waals surface area contributed by atoms with Crippen LogP contribution in [-0.2, 0) is 0 Å². The van der Waals surface area contributed by atoms with Gasteiger partial charge in [-0.15, -0.1) is 0 Å². The van der Waals surface area contributed by atoms with Crippen molar-refractivity contribution in [3.63, 3.8) is 0 Å². The number of hydrogen-bond acceptors (Lipinski definition) is 2. The van der Waals surface area contributed by atoms with E-state index in [9.17, 15) is 9.18 Å². The lowest BCUT2D eigenvalue weighted by atomic mass is 9.94. The molecule has 104 valence electrons. The fourth-order valence-corrected chi connectivity index (χ4v) is 2.50. The van der Waals surface area contributed by atoms with E-state index in [1.165, 1.54) is 11.0 Å². The van der Waals surface area contributed by atoms with Gasteiger partial charge < -0.3 is 15.3 Å². The first-order valence-electron chi connectivity index (χ1n) is 6.17. The Bertz CT molecular complexity index is 484. The molecule has 1 fully saturated rings. The molecule has 6 heteroatoms. The van der Waals surface area contributed by atoms with Crippen molar-refractivity contribution < 1.29 is 14.3 Å².